The molecule has 16 heavy (non-hydrogen) atoms. The predicted octanol–water partition coefficient (Wildman–Crippen LogP) is 3.24. The summed E-state index contributed by atoms with van der Waals surface area (Å²) in [5.74, 6) is -0.791. The highest BCUT2D eigenvalue weighted by Gasteiger charge is 2.12. The second kappa shape index (κ2) is 4.51. The van der Waals surface area contributed by atoms with Crippen LogP contribution in [0.4, 0.5) is 11.5 Å². The summed E-state index contributed by atoms with van der Waals surface area (Å²) < 4.78 is 0. The Morgan fingerprint density at radius 2 is 2.25 bits per heavy atom. The second-order valence-corrected chi connectivity index (χ2v) is 4.14. The molecule has 2 aromatic heterocycles. The zero-order chi connectivity index (χ0) is 11.5. The van der Waals surface area contributed by atoms with E-state index in [9.17, 15) is 4.79 Å². The van der Waals surface area contributed by atoms with Crippen LogP contribution in [-0.2, 0) is 0 Å². The minimum absolute atomic E-state index is 0.0931. The van der Waals surface area contributed by atoms with Crippen LogP contribution in [0.15, 0.2) is 29.0 Å². The highest BCUT2D eigenvalue weighted by atomic mass is 35.5. The van der Waals surface area contributed by atoms with Crippen LogP contribution >= 0.6 is 22.9 Å². The van der Waals surface area contributed by atoms with Crippen molar-refractivity contribution < 1.29 is 9.90 Å². The summed E-state index contributed by atoms with van der Waals surface area (Å²) in [6.07, 6.45) is 0. The number of nitrogens with one attached hydrogen (secondary N) is 1. The number of hydrogen-bond donors (Lipinski definition) is 2. The third kappa shape index (κ3) is 2.32. The SMILES string of the molecule is O=C(O)c1ccc(Cl)nc1Nc1ccsc1. The number of carboxylic acid groups (broad SMARTS) is 1. The topological polar surface area (TPSA) is 62.2 Å². The van der Waals surface area contributed by atoms with Crippen LogP contribution in [0.3, 0.4) is 0 Å². The van der Waals surface area contributed by atoms with Gasteiger partial charge in [0.05, 0.1) is 5.69 Å². The summed E-state index contributed by atoms with van der Waals surface area (Å²) in [7, 11) is 0. The molecular formula is C10H7ClN2O2S. The molecule has 0 aromatic carbocycles. The van der Waals surface area contributed by atoms with E-state index in [4.69, 9.17) is 16.7 Å². The molecule has 0 aliphatic rings. The number of carbonyl (C=O) groups is 1. The number of aromatic nitrogens is 1. The van der Waals surface area contributed by atoms with Crippen molar-refractivity contribution in [2.45, 2.75) is 0 Å². The zero-order valence-corrected chi connectivity index (χ0v) is 9.55. The average molecular weight is 255 g/mol. The zero-order valence-electron chi connectivity index (χ0n) is 7.98. The molecule has 0 bridgehead atoms. The lowest BCUT2D eigenvalue weighted by Crippen LogP contribution is -2.04. The summed E-state index contributed by atoms with van der Waals surface area (Å²) in [4.78, 5) is 14.9. The number of anilines is 2. The Balaban J connectivity index is 2.38. The maximum absolute atomic E-state index is 10.9. The maximum atomic E-state index is 10.9. The Morgan fingerprint density at radius 3 is 2.88 bits per heavy atom. The monoisotopic (exact) mass is 254 g/mol. The highest BCUT2D eigenvalue weighted by Crippen LogP contribution is 2.22. The average Bonchev–Trinajstić information content (AvgIpc) is 2.70. The van der Waals surface area contributed by atoms with Crippen molar-refractivity contribution in [3.8, 4) is 0 Å². The van der Waals surface area contributed by atoms with E-state index < -0.39 is 5.97 Å². The number of aromatic carboxylic acids is 1. The molecule has 0 radical (unpaired) electrons. The van der Waals surface area contributed by atoms with Gasteiger partial charge < -0.3 is 10.4 Å². The Labute approximate surface area is 101 Å². The summed E-state index contributed by atoms with van der Waals surface area (Å²) in [5.41, 5.74) is 0.887. The van der Waals surface area contributed by atoms with Gasteiger partial charge in [-0.3, -0.25) is 0 Å². The Kier molecular flexibility index (Phi) is 3.07. The van der Waals surface area contributed by atoms with Crippen LogP contribution in [0.1, 0.15) is 10.4 Å². The molecule has 0 aliphatic carbocycles. The number of carboxylic acids is 1. The molecule has 0 aliphatic heterocycles. The number of rotatable bonds is 3. The van der Waals surface area contributed by atoms with Gasteiger partial charge >= 0.3 is 5.97 Å². The summed E-state index contributed by atoms with van der Waals surface area (Å²) in [5, 5.41) is 15.9. The van der Waals surface area contributed by atoms with E-state index in [1.54, 1.807) is 0 Å². The van der Waals surface area contributed by atoms with E-state index in [0.29, 0.717) is 0 Å². The fourth-order valence-electron chi connectivity index (χ4n) is 1.18. The van der Waals surface area contributed by atoms with Crippen molar-refractivity contribution in [1.82, 2.24) is 4.98 Å². The molecule has 0 amide bonds. The first-order valence-corrected chi connectivity index (χ1v) is 5.68. The maximum Gasteiger partial charge on any atom is 0.339 e. The van der Waals surface area contributed by atoms with Gasteiger partial charge in [-0.15, -0.1) is 0 Å². The van der Waals surface area contributed by atoms with Crippen LogP contribution in [-0.4, -0.2) is 16.1 Å². The normalized spacial score (nSPS) is 10.1. The Morgan fingerprint density at radius 1 is 1.44 bits per heavy atom. The van der Waals surface area contributed by atoms with Crippen LogP contribution in [0, 0.1) is 0 Å². The highest BCUT2D eigenvalue weighted by molar-refractivity contribution is 7.08. The van der Waals surface area contributed by atoms with Crippen LogP contribution < -0.4 is 5.32 Å². The van der Waals surface area contributed by atoms with E-state index in [1.807, 2.05) is 16.8 Å². The van der Waals surface area contributed by atoms with Crippen LogP contribution in [0.2, 0.25) is 5.15 Å². The molecule has 2 heterocycles. The molecule has 82 valence electrons. The number of halogens is 1. The molecule has 4 nitrogen and oxygen atoms in total. The second-order valence-electron chi connectivity index (χ2n) is 2.97. The fraction of sp³-hybridized carbons (Fsp3) is 0. The standard InChI is InChI=1S/C10H7ClN2O2S/c11-8-2-1-7(10(14)15)9(13-8)12-6-3-4-16-5-6/h1-5H,(H,12,13)(H,14,15). The predicted molar refractivity (Wildman–Crippen MR) is 63.8 cm³/mol. The summed E-state index contributed by atoms with van der Waals surface area (Å²) in [6, 6.07) is 4.70. The van der Waals surface area contributed by atoms with Crippen molar-refractivity contribution in [2.75, 3.05) is 5.32 Å². The largest absolute Gasteiger partial charge is 0.478 e. The van der Waals surface area contributed by atoms with Crippen molar-refractivity contribution in [3.05, 3.63) is 39.7 Å². The number of hydrogen-bond acceptors (Lipinski definition) is 4. The first kappa shape index (κ1) is 10.9. The van der Waals surface area contributed by atoms with Crippen molar-refractivity contribution in [3.63, 3.8) is 0 Å². The Hall–Kier alpha value is -1.59. The van der Waals surface area contributed by atoms with Gasteiger partial charge in [0.1, 0.15) is 16.5 Å². The molecule has 2 N–H and O–H groups in total. The minimum atomic E-state index is -1.04. The number of nitrogens with zero attached hydrogens (tertiary/aromatic N) is 1. The third-order valence-corrected chi connectivity index (χ3v) is 2.77. The lowest BCUT2D eigenvalue weighted by Gasteiger charge is -2.06. The third-order valence-electron chi connectivity index (χ3n) is 1.88. The van der Waals surface area contributed by atoms with Crippen LogP contribution in [0.25, 0.3) is 0 Å². The molecule has 0 saturated carbocycles. The van der Waals surface area contributed by atoms with E-state index in [0.717, 1.165) is 5.69 Å². The van der Waals surface area contributed by atoms with E-state index in [2.05, 4.69) is 10.3 Å². The van der Waals surface area contributed by atoms with Gasteiger partial charge in [-0.1, -0.05) is 11.6 Å². The van der Waals surface area contributed by atoms with Crippen molar-refractivity contribution in [2.24, 2.45) is 0 Å². The molecule has 2 rings (SSSR count). The summed E-state index contributed by atoms with van der Waals surface area (Å²) in [6.45, 7) is 0. The van der Waals surface area contributed by atoms with E-state index in [-0.39, 0.29) is 16.5 Å². The van der Waals surface area contributed by atoms with Gasteiger partial charge in [-0.25, -0.2) is 9.78 Å². The van der Waals surface area contributed by atoms with E-state index in [1.165, 1.54) is 23.5 Å². The molecule has 0 spiro atoms. The van der Waals surface area contributed by atoms with Gasteiger partial charge in [-0.2, -0.15) is 11.3 Å². The summed E-state index contributed by atoms with van der Waals surface area (Å²) >= 11 is 7.23. The van der Waals surface area contributed by atoms with Gasteiger partial charge in [-0.05, 0) is 23.6 Å². The molecule has 0 fully saturated rings. The minimum Gasteiger partial charge on any atom is -0.478 e. The first-order chi connectivity index (χ1) is 7.66. The van der Waals surface area contributed by atoms with E-state index >= 15 is 0 Å². The first-order valence-electron chi connectivity index (χ1n) is 4.36. The Bertz CT molecular complexity index is 514. The van der Waals surface area contributed by atoms with Gasteiger partial charge in [0, 0.05) is 5.38 Å². The molecule has 0 unspecified atom stereocenters. The number of thiophene rings is 1. The van der Waals surface area contributed by atoms with Crippen LogP contribution in [0.5, 0.6) is 0 Å². The van der Waals surface area contributed by atoms with Crippen molar-refractivity contribution in [1.29, 1.82) is 0 Å². The smallest absolute Gasteiger partial charge is 0.339 e. The lowest BCUT2D eigenvalue weighted by atomic mass is 10.2. The van der Waals surface area contributed by atoms with Gasteiger partial charge in [0.15, 0.2) is 0 Å². The van der Waals surface area contributed by atoms with Gasteiger partial charge in [0.2, 0.25) is 0 Å². The van der Waals surface area contributed by atoms with Crippen molar-refractivity contribution >= 4 is 40.4 Å². The molecule has 2 aromatic rings. The molecule has 0 atom stereocenters. The quantitative estimate of drug-likeness (QED) is 0.826. The lowest BCUT2D eigenvalue weighted by molar-refractivity contribution is 0.0697. The fourth-order valence-corrected chi connectivity index (χ4v) is 1.91. The molecule has 0 saturated heterocycles. The van der Waals surface area contributed by atoms with Gasteiger partial charge in [0.25, 0.3) is 0 Å². The molecule has 6 heteroatoms. The number of pyridine rings is 1. The molecular weight excluding hydrogens is 248 g/mol.